The first kappa shape index (κ1) is 27.8. The van der Waals surface area contributed by atoms with E-state index in [0.717, 1.165) is 0 Å². The standard InChI is InChI=1S/C25H21F7N4O4/c26-12-3-15(27)18(16(28)4-12)36-6-14(23(40)33-20(11-1-2-11)25(30,31)32)19(39)13-5-17(29)22(34-21(13)36)35-7-24(8-35,9-37)10-38/h3-6,11,20,37-38H,1-2,7-10H2,(H,33,40)/t20-/m0/s1. The first-order valence-electron chi connectivity index (χ1n) is 12.0. The van der Waals surface area contributed by atoms with Crippen molar-refractivity contribution in [2.24, 2.45) is 11.3 Å². The second-order valence-corrected chi connectivity index (χ2v) is 10.1. The summed E-state index contributed by atoms with van der Waals surface area (Å²) in [7, 11) is 0. The summed E-state index contributed by atoms with van der Waals surface area (Å²) < 4.78 is 99.6. The summed E-state index contributed by atoms with van der Waals surface area (Å²) in [5.74, 6) is -8.28. The summed E-state index contributed by atoms with van der Waals surface area (Å²) in [4.78, 5) is 31.4. The van der Waals surface area contributed by atoms with Gasteiger partial charge in [-0.25, -0.2) is 22.5 Å². The molecular weight excluding hydrogens is 553 g/mol. The minimum absolute atomic E-state index is 0.0700. The van der Waals surface area contributed by atoms with Gasteiger partial charge in [0.1, 0.15) is 23.1 Å². The first-order valence-corrected chi connectivity index (χ1v) is 12.0. The van der Waals surface area contributed by atoms with Gasteiger partial charge in [0.25, 0.3) is 5.91 Å². The number of carbonyl (C=O) groups excluding carboxylic acids is 1. The van der Waals surface area contributed by atoms with Crippen LogP contribution in [0.4, 0.5) is 36.6 Å². The zero-order valence-corrected chi connectivity index (χ0v) is 20.4. The maximum atomic E-state index is 15.2. The second kappa shape index (κ2) is 9.73. The summed E-state index contributed by atoms with van der Waals surface area (Å²) >= 11 is 0. The molecule has 1 aliphatic heterocycles. The van der Waals surface area contributed by atoms with Gasteiger partial charge in [-0.3, -0.25) is 14.2 Å². The Kier molecular flexibility index (Phi) is 6.77. The van der Waals surface area contributed by atoms with Crippen molar-refractivity contribution < 1.29 is 45.7 Å². The lowest BCUT2D eigenvalue weighted by Gasteiger charge is -2.48. The summed E-state index contributed by atoms with van der Waals surface area (Å²) in [6, 6.07) is -1.08. The summed E-state index contributed by atoms with van der Waals surface area (Å²) in [5, 5.41) is 20.1. The van der Waals surface area contributed by atoms with Crippen LogP contribution < -0.4 is 15.6 Å². The van der Waals surface area contributed by atoms with Crippen molar-refractivity contribution in [2.75, 3.05) is 31.2 Å². The monoisotopic (exact) mass is 574 g/mol. The molecule has 1 aliphatic carbocycles. The highest BCUT2D eigenvalue weighted by Gasteiger charge is 2.50. The van der Waals surface area contributed by atoms with E-state index in [9.17, 15) is 46.1 Å². The molecule has 0 unspecified atom stereocenters. The number of aliphatic hydroxyl groups excluding tert-OH is 2. The largest absolute Gasteiger partial charge is 0.408 e. The number of hydrogen-bond donors (Lipinski definition) is 3. The highest BCUT2D eigenvalue weighted by atomic mass is 19.4. The molecule has 40 heavy (non-hydrogen) atoms. The van der Waals surface area contributed by atoms with Crippen LogP contribution in [-0.4, -0.2) is 64.2 Å². The van der Waals surface area contributed by atoms with E-state index in [2.05, 4.69) is 4.98 Å². The molecule has 0 bridgehead atoms. The third kappa shape index (κ3) is 4.76. The number of nitrogens with zero attached hydrogens (tertiary/aromatic N) is 3. The van der Waals surface area contributed by atoms with Crippen LogP contribution in [0.15, 0.2) is 29.2 Å². The average Bonchev–Trinajstić information content (AvgIpc) is 3.68. The molecule has 214 valence electrons. The van der Waals surface area contributed by atoms with Crippen LogP contribution in [0, 0.1) is 34.6 Å². The molecule has 0 radical (unpaired) electrons. The zero-order chi connectivity index (χ0) is 29.1. The van der Waals surface area contributed by atoms with Gasteiger partial charge in [-0.1, -0.05) is 0 Å². The molecule has 3 N–H and O–H groups in total. The van der Waals surface area contributed by atoms with E-state index < -0.39 is 99.5 Å². The maximum absolute atomic E-state index is 15.2. The van der Waals surface area contributed by atoms with Gasteiger partial charge in [-0.15, -0.1) is 0 Å². The molecule has 2 fully saturated rings. The molecule has 2 aromatic heterocycles. The number of amides is 1. The average molecular weight is 574 g/mol. The van der Waals surface area contributed by atoms with Crippen LogP contribution in [0.5, 0.6) is 0 Å². The molecule has 2 aliphatic rings. The molecule has 8 nitrogen and oxygen atoms in total. The Morgan fingerprint density at radius 3 is 2.17 bits per heavy atom. The van der Waals surface area contributed by atoms with Crippen LogP contribution in [0.2, 0.25) is 0 Å². The Morgan fingerprint density at radius 1 is 1.05 bits per heavy atom. The molecule has 1 saturated heterocycles. The number of rotatable bonds is 7. The minimum Gasteiger partial charge on any atom is -0.396 e. The maximum Gasteiger partial charge on any atom is 0.408 e. The Labute approximate surface area is 220 Å². The topological polar surface area (TPSA) is 108 Å². The van der Waals surface area contributed by atoms with Gasteiger partial charge in [0.05, 0.1) is 24.0 Å². The van der Waals surface area contributed by atoms with Gasteiger partial charge in [0, 0.05) is 31.4 Å². The van der Waals surface area contributed by atoms with Gasteiger partial charge in [0.2, 0.25) is 5.43 Å². The molecular formula is C25H21F7N4O4. The second-order valence-electron chi connectivity index (χ2n) is 10.1. The number of benzene rings is 1. The number of pyridine rings is 2. The lowest BCUT2D eigenvalue weighted by molar-refractivity contribution is -0.158. The van der Waals surface area contributed by atoms with Crippen molar-refractivity contribution in [3.63, 3.8) is 0 Å². The van der Waals surface area contributed by atoms with E-state index in [1.54, 1.807) is 5.32 Å². The normalized spacial score (nSPS) is 17.6. The van der Waals surface area contributed by atoms with Crippen LogP contribution in [0.3, 0.4) is 0 Å². The Bertz CT molecular complexity index is 1540. The highest BCUT2D eigenvalue weighted by molar-refractivity contribution is 5.97. The van der Waals surface area contributed by atoms with E-state index in [4.69, 9.17) is 0 Å². The first-order chi connectivity index (χ1) is 18.8. The van der Waals surface area contributed by atoms with Gasteiger partial charge in [-0.2, -0.15) is 13.2 Å². The SMILES string of the molecule is O=C(N[C@@H](C1CC1)C(F)(F)F)c1cn(-c2c(F)cc(F)cc2F)c2nc(N3CC(CO)(CO)C3)c(F)cc2c1=O. The van der Waals surface area contributed by atoms with Crippen LogP contribution in [-0.2, 0) is 0 Å². The third-order valence-electron chi connectivity index (χ3n) is 7.14. The van der Waals surface area contributed by atoms with Gasteiger partial charge in [0.15, 0.2) is 28.9 Å². The number of anilines is 1. The molecule has 1 amide bonds. The number of fused-ring (bicyclic) bond motifs is 1. The van der Waals surface area contributed by atoms with Gasteiger partial charge in [-0.05, 0) is 24.8 Å². The third-order valence-corrected chi connectivity index (χ3v) is 7.14. The lowest BCUT2D eigenvalue weighted by atomic mass is 9.81. The number of aliphatic hydroxyl groups is 2. The predicted octanol–water partition coefficient (Wildman–Crippen LogP) is 2.80. The van der Waals surface area contributed by atoms with Gasteiger partial charge < -0.3 is 20.4 Å². The summed E-state index contributed by atoms with van der Waals surface area (Å²) in [5.41, 5.74) is -4.82. The lowest BCUT2D eigenvalue weighted by Crippen LogP contribution is -2.61. The fourth-order valence-electron chi connectivity index (χ4n) is 4.81. The molecule has 1 aromatic carbocycles. The molecule has 5 rings (SSSR count). The van der Waals surface area contributed by atoms with E-state index in [1.807, 2.05) is 0 Å². The predicted molar refractivity (Wildman–Crippen MR) is 126 cm³/mol. The van der Waals surface area contributed by atoms with Crippen molar-refractivity contribution in [1.82, 2.24) is 14.9 Å². The van der Waals surface area contributed by atoms with Crippen molar-refractivity contribution in [3.8, 4) is 5.69 Å². The Morgan fingerprint density at radius 2 is 1.65 bits per heavy atom. The minimum atomic E-state index is -4.85. The number of carbonyl (C=O) groups is 1. The number of nitrogens with one attached hydrogen (secondary N) is 1. The molecule has 1 atom stereocenters. The molecule has 0 spiro atoms. The summed E-state index contributed by atoms with van der Waals surface area (Å²) in [6.07, 6.45) is -3.92. The Hall–Kier alpha value is -3.72. The van der Waals surface area contributed by atoms with E-state index >= 15 is 4.39 Å². The number of aromatic nitrogens is 2. The Balaban J connectivity index is 1.69. The van der Waals surface area contributed by atoms with Crippen molar-refractivity contribution in [1.29, 1.82) is 0 Å². The number of hydrogen-bond acceptors (Lipinski definition) is 6. The van der Waals surface area contributed by atoms with Crippen LogP contribution >= 0.6 is 0 Å². The fourth-order valence-corrected chi connectivity index (χ4v) is 4.81. The molecule has 3 heterocycles. The zero-order valence-electron chi connectivity index (χ0n) is 20.4. The van der Waals surface area contributed by atoms with Crippen molar-refractivity contribution >= 4 is 22.8 Å². The van der Waals surface area contributed by atoms with E-state index in [1.165, 1.54) is 4.90 Å². The van der Waals surface area contributed by atoms with Crippen molar-refractivity contribution in [2.45, 2.75) is 25.1 Å². The van der Waals surface area contributed by atoms with Gasteiger partial charge >= 0.3 is 6.18 Å². The fraction of sp³-hybridized carbons (Fsp3) is 0.400. The number of halogens is 7. The van der Waals surface area contributed by atoms with Crippen LogP contribution in [0.25, 0.3) is 16.7 Å². The van der Waals surface area contributed by atoms with Crippen molar-refractivity contribution in [3.05, 3.63) is 63.5 Å². The molecule has 3 aromatic rings. The molecule has 1 saturated carbocycles. The van der Waals surface area contributed by atoms with E-state index in [-0.39, 0.29) is 25.9 Å². The number of alkyl halides is 3. The summed E-state index contributed by atoms with van der Waals surface area (Å²) in [6.45, 7) is -1.02. The highest BCUT2D eigenvalue weighted by Crippen LogP contribution is 2.40. The van der Waals surface area contributed by atoms with Crippen LogP contribution in [0.1, 0.15) is 23.2 Å². The quantitative estimate of drug-likeness (QED) is 0.375. The molecule has 15 heteroatoms. The van der Waals surface area contributed by atoms with E-state index in [0.29, 0.717) is 29.0 Å². The smallest absolute Gasteiger partial charge is 0.396 e.